The minimum Gasteiger partial charge on any atom is -0.454 e. The Morgan fingerprint density at radius 3 is 1.73 bits per heavy atom. The van der Waals surface area contributed by atoms with Crippen LogP contribution in [-0.2, 0) is 0 Å². The average Bonchev–Trinajstić information content (AvgIpc) is 3.85. The van der Waals surface area contributed by atoms with Crippen LogP contribution >= 0.6 is 0 Å². The molecule has 0 saturated carbocycles. The quantitative estimate of drug-likeness (QED) is 0.167. The third-order valence-corrected chi connectivity index (χ3v) is 12.2. The monoisotopic (exact) mass is 764 g/mol. The molecule has 0 atom stereocenters. The van der Waals surface area contributed by atoms with Crippen molar-refractivity contribution in [2.24, 2.45) is 0 Å². The molecular weight excluding hydrogens is 733 g/mol. The molecule has 0 unspecified atom stereocenters. The van der Waals surface area contributed by atoms with E-state index in [4.69, 9.17) is 19.4 Å². The van der Waals surface area contributed by atoms with E-state index >= 15 is 0 Å². The largest absolute Gasteiger partial charge is 0.454 e. The minimum absolute atomic E-state index is 0.584. The summed E-state index contributed by atoms with van der Waals surface area (Å²) < 4.78 is 9.18. The lowest BCUT2D eigenvalue weighted by molar-refractivity contribution is 0.666. The zero-order valence-electron chi connectivity index (χ0n) is 32.2. The Bertz CT molecular complexity index is 3910. The van der Waals surface area contributed by atoms with Crippen molar-refractivity contribution in [3.63, 3.8) is 0 Å². The highest BCUT2D eigenvalue weighted by Crippen LogP contribution is 2.42. The van der Waals surface area contributed by atoms with Gasteiger partial charge in [0.25, 0.3) is 0 Å². The van der Waals surface area contributed by atoms with Crippen molar-refractivity contribution in [3.8, 4) is 39.9 Å². The second-order valence-electron chi connectivity index (χ2n) is 15.6. The standard InChI is InChI=1S/C55H32N4O/c1-2-16-36-31-49-46(29-35(36)15-1)42-20-7-9-25-48(42)59(49)50-32-37(30-47-43-21-8-10-26-51(43)60-52(47)50)53-56-54(44-23-11-17-33-13-3-6-19-39(33)44)58-55(57-53)45-24-12-22-40-38-18-5-4-14-34(38)27-28-41(40)45/h1-32H. The number of furan rings is 1. The molecule has 13 aromatic rings. The zero-order valence-corrected chi connectivity index (χ0v) is 32.2. The average molecular weight is 765 g/mol. The predicted molar refractivity (Wildman–Crippen MR) is 248 cm³/mol. The normalized spacial score (nSPS) is 12.0. The van der Waals surface area contributed by atoms with E-state index < -0.39 is 0 Å². The van der Waals surface area contributed by atoms with E-state index in [1.165, 1.54) is 32.3 Å². The molecule has 13 rings (SSSR count). The van der Waals surface area contributed by atoms with E-state index in [9.17, 15) is 0 Å². The summed E-state index contributed by atoms with van der Waals surface area (Å²) in [4.78, 5) is 16.1. The SMILES string of the molecule is c1ccc2cc3c(cc2c1)c1ccccc1n3-c1cc(-c2nc(-c3cccc4ccccc34)nc(-c3cccc4c3ccc3ccccc34)n2)cc2c1oc1ccccc12. The highest BCUT2D eigenvalue weighted by atomic mass is 16.3. The molecule has 0 radical (unpaired) electrons. The molecule has 0 aliphatic carbocycles. The molecule has 5 nitrogen and oxygen atoms in total. The zero-order chi connectivity index (χ0) is 39.3. The third kappa shape index (κ3) is 4.90. The van der Waals surface area contributed by atoms with Crippen molar-refractivity contribution in [2.45, 2.75) is 0 Å². The number of hydrogen-bond acceptors (Lipinski definition) is 4. The van der Waals surface area contributed by atoms with Crippen LogP contribution < -0.4 is 0 Å². The van der Waals surface area contributed by atoms with Crippen LogP contribution in [-0.4, -0.2) is 19.5 Å². The number of hydrogen-bond donors (Lipinski definition) is 0. The van der Waals surface area contributed by atoms with Crippen molar-refractivity contribution in [2.75, 3.05) is 0 Å². The Hall–Kier alpha value is -8.15. The number of rotatable bonds is 4. The maximum Gasteiger partial charge on any atom is 0.164 e. The molecule has 0 saturated heterocycles. The minimum atomic E-state index is 0.584. The maximum atomic E-state index is 6.83. The number of nitrogens with zero attached hydrogens (tertiary/aromatic N) is 4. The fourth-order valence-corrected chi connectivity index (χ4v) is 9.42. The molecule has 0 N–H and O–H groups in total. The van der Waals surface area contributed by atoms with Crippen LogP contribution in [0.1, 0.15) is 0 Å². The van der Waals surface area contributed by atoms with Crippen LogP contribution in [0.2, 0.25) is 0 Å². The van der Waals surface area contributed by atoms with Gasteiger partial charge in [-0.2, -0.15) is 0 Å². The smallest absolute Gasteiger partial charge is 0.164 e. The van der Waals surface area contributed by atoms with E-state index in [2.05, 4.69) is 187 Å². The molecule has 0 amide bonds. The van der Waals surface area contributed by atoms with Gasteiger partial charge in [-0.15, -0.1) is 0 Å². The van der Waals surface area contributed by atoms with Crippen LogP contribution in [0.25, 0.3) is 127 Å². The molecule has 10 aromatic carbocycles. The van der Waals surface area contributed by atoms with Gasteiger partial charge < -0.3 is 8.98 Å². The Morgan fingerprint density at radius 1 is 0.333 bits per heavy atom. The van der Waals surface area contributed by atoms with Crippen LogP contribution in [0.5, 0.6) is 0 Å². The molecular formula is C55H32N4O. The first-order valence-electron chi connectivity index (χ1n) is 20.3. The fourth-order valence-electron chi connectivity index (χ4n) is 9.42. The molecule has 0 aliphatic heterocycles. The van der Waals surface area contributed by atoms with Crippen molar-refractivity contribution >= 4 is 86.8 Å². The van der Waals surface area contributed by atoms with Gasteiger partial charge in [0.15, 0.2) is 23.1 Å². The van der Waals surface area contributed by atoms with Gasteiger partial charge in [-0.3, -0.25) is 0 Å². The van der Waals surface area contributed by atoms with E-state index in [0.717, 1.165) is 76.9 Å². The Kier molecular flexibility index (Phi) is 6.95. The Balaban J connectivity index is 1.14. The summed E-state index contributed by atoms with van der Waals surface area (Å²) in [7, 11) is 0. The topological polar surface area (TPSA) is 56.7 Å². The van der Waals surface area contributed by atoms with E-state index in [1.54, 1.807) is 0 Å². The number of benzene rings is 10. The third-order valence-electron chi connectivity index (χ3n) is 12.2. The summed E-state index contributed by atoms with van der Waals surface area (Å²) >= 11 is 0. The first-order valence-corrected chi connectivity index (χ1v) is 20.3. The van der Waals surface area contributed by atoms with Gasteiger partial charge in [0.1, 0.15) is 5.58 Å². The van der Waals surface area contributed by atoms with Crippen LogP contribution in [0, 0.1) is 0 Å². The second-order valence-corrected chi connectivity index (χ2v) is 15.6. The first-order chi connectivity index (χ1) is 29.7. The fraction of sp³-hybridized carbons (Fsp3) is 0. The lowest BCUT2D eigenvalue weighted by Crippen LogP contribution is -2.02. The first kappa shape index (κ1) is 32.9. The van der Waals surface area contributed by atoms with Gasteiger partial charge >= 0.3 is 0 Å². The molecule has 278 valence electrons. The van der Waals surface area contributed by atoms with Gasteiger partial charge in [0, 0.05) is 38.2 Å². The molecule has 60 heavy (non-hydrogen) atoms. The predicted octanol–water partition coefficient (Wildman–Crippen LogP) is 14.5. The number of aromatic nitrogens is 4. The molecule has 5 heteroatoms. The van der Waals surface area contributed by atoms with Crippen molar-refractivity contribution in [1.82, 2.24) is 19.5 Å². The lowest BCUT2D eigenvalue weighted by Gasteiger charge is -2.14. The molecule has 0 bridgehead atoms. The van der Waals surface area contributed by atoms with Crippen molar-refractivity contribution < 1.29 is 4.42 Å². The summed E-state index contributed by atoms with van der Waals surface area (Å²) in [5, 5.41) is 13.6. The van der Waals surface area contributed by atoms with E-state index in [1.807, 2.05) is 12.1 Å². The highest BCUT2D eigenvalue weighted by Gasteiger charge is 2.22. The number of para-hydroxylation sites is 2. The summed E-state index contributed by atoms with van der Waals surface area (Å²) in [6.07, 6.45) is 0. The van der Waals surface area contributed by atoms with E-state index in [-0.39, 0.29) is 0 Å². The second kappa shape index (κ2) is 12.7. The molecule has 3 heterocycles. The maximum absolute atomic E-state index is 6.83. The van der Waals surface area contributed by atoms with E-state index in [0.29, 0.717) is 17.5 Å². The van der Waals surface area contributed by atoms with Gasteiger partial charge in [0.05, 0.1) is 16.7 Å². The summed E-state index contributed by atoms with van der Waals surface area (Å²) in [5.74, 6) is 1.82. The molecule has 0 fully saturated rings. The van der Waals surface area contributed by atoms with Crippen LogP contribution in [0.15, 0.2) is 199 Å². The lowest BCUT2D eigenvalue weighted by atomic mass is 9.98. The number of fused-ring (bicyclic) bond motifs is 11. The molecule has 3 aromatic heterocycles. The van der Waals surface area contributed by atoms with Gasteiger partial charge in [0.2, 0.25) is 0 Å². The van der Waals surface area contributed by atoms with Crippen molar-refractivity contribution in [1.29, 1.82) is 0 Å². The van der Waals surface area contributed by atoms with Crippen molar-refractivity contribution in [3.05, 3.63) is 194 Å². The van der Waals surface area contributed by atoms with Gasteiger partial charge in [-0.25, -0.2) is 15.0 Å². The van der Waals surface area contributed by atoms with Gasteiger partial charge in [-0.05, 0) is 79.5 Å². The molecule has 0 spiro atoms. The Morgan fingerprint density at radius 2 is 0.917 bits per heavy atom. The van der Waals surface area contributed by atoms with Crippen LogP contribution in [0.3, 0.4) is 0 Å². The Labute approximate surface area is 343 Å². The van der Waals surface area contributed by atoms with Crippen LogP contribution in [0.4, 0.5) is 0 Å². The molecule has 0 aliphatic rings. The van der Waals surface area contributed by atoms with Gasteiger partial charge in [-0.1, -0.05) is 158 Å². The summed E-state index contributed by atoms with van der Waals surface area (Å²) in [6, 6.07) is 68.6. The summed E-state index contributed by atoms with van der Waals surface area (Å²) in [6.45, 7) is 0. The summed E-state index contributed by atoms with van der Waals surface area (Å²) in [5.41, 5.74) is 7.52. The highest BCUT2D eigenvalue weighted by molar-refractivity contribution is 6.16.